The summed E-state index contributed by atoms with van der Waals surface area (Å²) in [6.07, 6.45) is -3.74. The lowest BCUT2D eigenvalue weighted by molar-refractivity contribution is -0.141. The molecule has 1 rings (SSSR count). The molecule has 1 atom stereocenters. The van der Waals surface area contributed by atoms with E-state index >= 15 is 0 Å². The van der Waals surface area contributed by atoms with Gasteiger partial charge in [-0.1, -0.05) is 6.92 Å². The van der Waals surface area contributed by atoms with E-state index in [4.69, 9.17) is 5.73 Å². The second-order valence-electron chi connectivity index (χ2n) is 3.45. The van der Waals surface area contributed by atoms with Gasteiger partial charge in [0.15, 0.2) is 5.69 Å². The van der Waals surface area contributed by atoms with Crippen LogP contribution in [-0.4, -0.2) is 16.0 Å². The summed E-state index contributed by atoms with van der Waals surface area (Å²) in [5.74, 6) is -0.296. The first-order chi connectivity index (χ1) is 7.32. The minimum Gasteiger partial charge on any atom is -0.368 e. The zero-order chi connectivity index (χ0) is 12.3. The van der Waals surface area contributed by atoms with Crippen molar-refractivity contribution < 1.29 is 13.2 Å². The van der Waals surface area contributed by atoms with Crippen molar-refractivity contribution in [3.63, 3.8) is 0 Å². The van der Waals surface area contributed by atoms with Gasteiger partial charge in [-0.25, -0.2) is 4.98 Å². The number of halogens is 3. The van der Waals surface area contributed by atoms with Crippen molar-refractivity contribution in [1.82, 2.24) is 9.97 Å². The summed E-state index contributed by atoms with van der Waals surface area (Å²) in [6.45, 7) is 3.75. The number of anilines is 2. The maximum atomic E-state index is 12.4. The topological polar surface area (TPSA) is 63.8 Å². The molecule has 1 aromatic heterocycles. The van der Waals surface area contributed by atoms with E-state index in [2.05, 4.69) is 15.3 Å². The molecule has 0 aliphatic carbocycles. The van der Waals surface area contributed by atoms with Crippen LogP contribution in [0.3, 0.4) is 0 Å². The Kier molecular flexibility index (Phi) is 3.56. The van der Waals surface area contributed by atoms with E-state index in [1.165, 1.54) is 0 Å². The Morgan fingerprint density at radius 2 is 2.06 bits per heavy atom. The van der Waals surface area contributed by atoms with Gasteiger partial charge in [-0.2, -0.15) is 18.2 Å². The molecule has 16 heavy (non-hydrogen) atoms. The van der Waals surface area contributed by atoms with Crippen molar-refractivity contribution in [2.75, 3.05) is 11.1 Å². The highest BCUT2D eigenvalue weighted by Crippen LogP contribution is 2.29. The highest BCUT2D eigenvalue weighted by Gasteiger charge is 2.33. The molecule has 3 N–H and O–H groups in total. The van der Waals surface area contributed by atoms with E-state index < -0.39 is 11.9 Å². The van der Waals surface area contributed by atoms with E-state index in [0.29, 0.717) is 0 Å². The van der Waals surface area contributed by atoms with E-state index in [-0.39, 0.29) is 17.8 Å². The van der Waals surface area contributed by atoms with Gasteiger partial charge in [0.05, 0.1) is 0 Å². The monoisotopic (exact) mass is 234 g/mol. The third-order valence-corrected chi connectivity index (χ3v) is 2.04. The molecule has 0 fully saturated rings. The molecule has 0 amide bonds. The van der Waals surface area contributed by atoms with Crippen molar-refractivity contribution in [3.05, 3.63) is 11.8 Å². The van der Waals surface area contributed by atoms with Gasteiger partial charge in [-0.3, -0.25) is 0 Å². The van der Waals surface area contributed by atoms with Crippen molar-refractivity contribution in [2.45, 2.75) is 32.5 Å². The Labute approximate surface area is 91.1 Å². The lowest BCUT2D eigenvalue weighted by Crippen LogP contribution is -2.17. The summed E-state index contributed by atoms with van der Waals surface area (Å²) in [7, 11) is 0. The minimum absolute atomic E-state index is 0.0235. The van der Waals surface area contributed by atoms with E-state index in [1.807, 2.05) is 13.8 Å². The third-order valence-electron chi connectivity index (χ3n) is 2.04. The van der Waals surface area contributed by atoms with Crippen molar-refractivity contribution >= 4 is 11.8 Å². The van der Waals surface area contributed by atoms with Crippen molar-refractivity contribution in [1.29, 1.82) is 0 Å². The van der Waals surface area contributed by atoms with Crippen molar-refractivity contribution in [2.24, 2.45) is 0 Å². The molecular formula is C9H13F3N4. The van der Waals surface area contributed by atoms with E-state index in [0.717, 1.165) is 12.5 Å². The van der Waals surface area contributed by atoms with Gasteiger partial charge in [0.1, 0.15) is 5.82 Å². The van der Waals surface area contributed by atoms with Crippen LogP contribution in [0.2, 0.25) is 0 Å². The second kappa shape index (κ2) is 4.54. The highest BCUT2D eigenvalue weighted by molar-refractivity contribution is 5.41. The number of nitrogens with one attached hydrogen (secondary N) is 1. The van der Waals surface area contributed by atoms with Crippen LogP contribution in [-0.2, 0) is 6.18 Å². The lowest BCUT2D eigenvalue weighted by Gasteiger charge is -2.14. The lowest BCUT2D eigenvalue weighted by atomic mass is 10.2. The van der Waals surface area contributed by atoms with E-state index in [9.17, 15) is 13.2 Å². The number of alkyl halides is 3. The molecule has 1 unspecified atom stereocenters. The summed E-state index contributed by atoms with van der Waals surface area (Å²) in [6, 6.07) is 0.873. The van der Waals surface area contributed by atoms with Crippen molar-refractivity contribution in [3.8, 4) is 0 Å². The first-order valence-electron chi connectivity index (χ1n) is 4.81. The molecule has 1 heterocycles. The number of nitrogens with zero attached hydrogens (tertiary/aromatic N) is 2. The average Bonchev–Trinajstić information content (AvgIpc) is 2.15. The maximum absolute atomic E-state index is 12.4. The fraction of sp³-hybridized carbons (Fsp3) is 0.556. The molecule has 0 spiro atoms. The van der Waals surface area contributed by atoms with Gasteiger partial charge < -0.3 is 11.1 Å². The molecule has 0 saturated carbocycles. The number of rotatable bonds is 3. The summed E-state index contributed by atoms with van der Waals surface area (Å²) in [5.41, 5.74) is 4.17. The first kappa shape index (κ1) is 12.5. The van der Waals surface area contributed by atoms with Gasteiger partial charge >= 0.3 is 6.18 Å². The van der Waals surface area contributed by atoms with Gasteiger partial charge in [0.25, 0.3) is 0 Å². The molecule has 4 nitrogen and oxygen atoms in total. The molecule has 0 saturated heterocycles. The fourth-order valence-electron chi connectivity index (χ4n) is 1.04. The fourth-order valence-corrected chi connectivity index (χ4v) is 1.04. The van der Waals surface area contributed by atoms with Gasteiger partial charge in [-0.05, 0) is 13.3 Å². The maximum Gasteiger partial charge on any atom is 0.433 e. The zero-order valence-corrected chi connectivity index (χ0v) is 8.97. The Bertz CT molecular complexity index is 364. The van der Waals surface area contributed by atoms with Crippen LogP contribution in [0.25, 0.3) is 0 Å². The zero-order valence-electron chi connectivity index (χ0n) is 8.97. The summed E-state index contributed by atoms with van der Waals surface area (Å²) in [5, 5.41) is 2.81. The minimum atomic E-state index is -4.51. The highest BCUT2D eigenvalue weighted by atomic mass is 19.4. The Hall–Kier alpha value is -1.53. The van der Waals surface area contributed by atoms with Crippen LogP contribution < -0.4 is 11.1 Å². The smallest absolute Gasteiger partial charge is 0.368 e. The normalized spacial score (nSPS) is 13.6. The molecular weight excluding hydrogens is 221 g/mol. The molecule has 90 valence electrons. The summed E-state index contributed by atoms with van der Waals surface area (Å²) in [4.78, 5) is 6.83. The predicted octanol–water partition coefficient (Wildman–Crippen LogP) is 2.29. The summed E-state index contributed by atoms with van der Waals surface area (Å²) >= 11 is 0. The molecule has 0 aliphatic rings. The largest absolute Gasteiger partial charge is 0.433 e. The van der Waals surface area contributed by atoms with Crippen LogP contribution in [0.15, 0.2) is 6.07 Å². The SMILES string of the molecule is CCC(C)Nc1cc(C(F)(F)F)nc(N)n1. The molecule has 0 aliphatic heterocycles. The standard InChI is InChI=1S/C9H13F3N4/c1-3-5(2)14-7-4-6(9(10,11)12)15-8(13)16-7/h4-5H,3H2,1-2H3,(H3,13,14,15,16). The Balaban J connectivity index is 2.99. The van der Waals surface area contributed by atoms with Crippen LogP contribution >= 0.6 is 0 Å². The van der Waals surface area contributed by atoms with Gasteiger partial charge in [-0.15, -0.1) is 0 Å². The predicted molar refractivity (Wildman–Crippen MR) is 54.8 cm³/mol. The second-order valence-corrected chi connectivity index (χ2v) is 3.45. The number of hydrogen-bond acceptors (Lipinski definition) is 4. The first-order valence-corrected chi connectivity index (χ1v) is 4.81. The summed E-state index contributed by atoms with van der Waals surface area (Å²) < 4.78 is 37.2. The number of aromatic nitrogens is 2. The molecule has 0 bridgehead atoms. The van der Waals surface area contributed by atoms with Crippen LogP contribution in [0.4, 0.5) is 24.9 Å². The molecule has 0 aromatic carbocycles. The van der Waals surface area contributed by atoms with Crippen LogP contribution in [0.5, 0.6) is 0 Å². The van der Waals surface area contributed by atoms with Crippen LogP contribution in [0.1, 0.15) is 26.0 Å². The number of hydrogen-bond donors (Lipinski definition) is 2. The molecule has 7 heteroatoms. The Morgan fingerprint density at radius 3 is 2.56 bits per heavy atom. The third kappa shape index (κ3) is 3.25. The van der Waals surface area contributed by atoms with E-state index in [1.54, 1.807) is 0 Å². The van der Waals surface area contributed by atoms with Gasteiger partial charge in [0.2, 0.25) is 5.95 Å². The quantitative estimate of drug-likeness (QED) is 0.842. The Morgan fingerprint density at radius 1 is 1.44 bits per heavy atom. The average molecular weight is 234 g/mol. The molecule has 1 aromatic rings. The number of nitrogens with two attached hydrogens (primary N) is 1. The number of nitrogen functional groups attached to an aromatic ring is 1. The van der Waals surface area contributed by atoms with Crippen LogP contribution in [0, 0.1) is 0 Å². The van der Waals surface area contributed by atoms with Gasteiger partial charge in [0, 0.05) is 12.1 Å². The molecule has 0 radical (unpaired) electrons.